The Balaban J connectivity index is 3.08. The molecule has 1 rings (SSSR count). The summed E-state index contributed by atoms with van der Waals surface area (Å²) in [5.41, 5.74) is -0.206. The number of hydrogen-bond donors (Lipinski definition) is 0. The van der Waals surface area contributed by atoms with Crippen molar-refractivity contribution in [1.29, 1.82) is 0 Å². The summed E-state index contributed by atoms with van der Waals surface area (Å²) in [4.78, 5) is 14.7. The van der Waals surface area contributed by atoms with Crippen LogP contribution in [0, 0.1) is 0 Å². The molecule has 0 N–H and O–H groups in total. The van der Waals surface area contributed by atoms with E-state index in [9.17, 15) is 13.6 Å². The maximum absolute atomic E-state index is 12.0. The van der Waals surface area contributed by atoms with Crippen molar-refractivity contribution >= 4 is 17.6 Å². The molecule has 0 saturated carbocycles. The Morgan fingerprint density at radius 2 is 2.27 bits per heavy atom. The Morgan fingerprint density at radius 3 is 2.80 bits per heavy atom. The molecule has 0 aliphatic carbocycles. The van der Waals surface area contributed by atoms with Crippen molar-refractivity contribution < 1.29 is 23.0 Å². The second kappa shape index (κ2) is 4.88. The highest BCUT2D eigenvalue weighted by Crippen LogP contribution is 2.23. The molecule has 0 aliphatic heterocycles. The molecular formula is C8H6ClF2NO3. The van der Waals surface area contributed by atoms with Crippen LogP contribution in [0.25, 0.3) is 0 Å². The topological polar surface area (TPSA) is 48.4 Å². The van der Waals surface area contributed by atoms with Gasteiger partial charge in [0.1, 0.15) is 16.5 Å². The van der Waals surface area contributed by atoms with Crippen molar-refractivity contribution in [3.63, 3.8) is 0 Å². The fourth-order valence-corrected chi connectivity index (χ4v) is 1.02. The molecule has 0 radical (unpaired) electrons. The van der Waals surface area contributed by atoms with Crippen LogP contribution in [0.15, 0.2) is 12.3 Å². The number of alkyl halides is 2. The molecule has 7 heteroatoms. The Kier molecular flexibility index (Phi) is 3.79. The highest BCUT2D eigenvalue weighted by atomic mass is 35.5. The van der Waals surface area contributed by atoms with E-state index in [-0.39, 0.29) is 16.5 Å². The van der Waals surface area contributed by atoms with Crippen LogP contribution >= 0.6 is 11.6 Å². The molecule has 1 aromatic rings. The number of esters is 1. The van der Waals surface area contributed by atoms with Crippen LogP contribution in [-0.2, 0) is 4.74 Å². The van der Waals surface area contributed by atoms with Gasteiger partial charge in [0, 0.05) is 12.3 Å². The van der Waals surface area contributed by atoms with Gasteiger partial charge in [-0.1, -0.05) is 11.6 Å². The number of methoxy groups -OCH3 is 1. The van der Waals surface area contributed by atoms with Crippen LogP contribution in [0.1, 0.15) is 10.4 Å². The van der Waals surface area contributed by atoms with Gasteiger partial charge in [-0.05, 0) is 0 Å². The van der Waals surface area contributed by atoms with E-state index in [0.717, 1.165) is 19.4 Å². The lowest BCUT2D eigenvalue weighted by atomic mass is 10.2. The highest BCUT2D eigenvalue weighted by Gasteiger charge is 2.17. The van der Waals surface area contributed by atoms with Crippen molar-refractivity contribution in [2.45, 2.75) is 6.61 Å². The monoisotopic (exact) mass is 237 g/mol. The summed E-state index contributed by atoms with van der Waals surface area (Å²) >= 11 is 5.46. The zero-order valence-electron chi connectivity index (χ0n) is 7.54. The second-order valence-corrected chi connectivity index (χ2v) is 2.76. The number of hydrogen-bond acceptors (Lipinski definition) is 4. The molecule has 82 valence electrons. The largest absolute Gasteiger partial charge is 0.465 e. The third-order valence-corrected chi connectivity index (χ3v) is 1.66. The number of rotatable bonds is 3. The molecule has 0 unspecified atom stereocenters. The van der Waals surface area contributed by atoms with E-state index in [1.807, 2.05) is 0 Å². The van der Waals surface area contributed by atoms with E-state index < -0.39 is 12.6 Å². The van der Waals surface area contributed by atoms with E-state index >= 15 is 0 Å². The van der Waals surface area contributed by atoms with Crippen molar-refractivity contribution in [2.24, 2.45) is 0 Å². The van der Waals surface area contributed by atoms with Crippen molar-refractivity contribution in [3.8, 4) is 5.75 Å². The van der Waals surface area contributed by atoms with E-state index in [2.05, 4.69) is 14.5 Å². The molecule has 0 aromatic carbocycles. The number of nitrogens with zero attached hydrogens (tertiary/aromatic N) is 1. The van der Waals surface area contributed by atoms with Gasteiger partial charge < -0.3 is 9.47 Å². The van der Waals surface area contributed by atoms with Gasteiger partial charge in [0.25, 0.3) is 0 Å². The minimum atomic E-state index is -3.05. The molecule has 0 aliphatic rings. The van der Waals surface area contributed by atoms with E-state index in [1.165, 1.54) is 0 Å². The summed E-state index contributed by atoms with van der Waals surface area (Å²) in [7, 11) is 1.11. The van der Waals surface area contributed by atoms with Gasteiger partial charge in [0.15, 0.2) is 0 Å². The van der Waals surface area contributed by atoms with Gasteiger partial charge >= 0.3 is 12.6 Å². The SMILES string of the molecule is COC(=O)c1cnc(Cl)cc1OC(F)F. The first-order valence-corrected chi connectivity index (χ1v) is 4.11. The van der Waals surface area contributed by atoms with Crippen molar-refractivity contribution in [3.05, 3.63) is 23.0 Å². The third kappa shape index (κ3) is 3.02. The average Bonchev–Trinajstić information content (AvgIpc) is 2.16. The molecule has 0 fully saturated rings. The maximum Gasteiger partial charge on any atom is 0.387 e. The number of aromatic nitrogens is 1. The first-order chi connectivity index (χ1) is 7.04. The number of carbonyl (C=O) groups is 1. The van der Waals surface area contributed by atoms with Gasteiger partial charge in [-0.3, -0.25) is 0 Å². The maximum atomic E-state index is 12.0. The molecule has 0 saturated heterocycles. The summed E-state index contributed by atoms with van der Waals surface area (Å²) in [6, 6.07) is 1.01. The van der Waals surface area contributed by atoms with Crippen LogP contribution < -0.4 is 4.74 Å². The standard InChI is InChI=1S/C8H6ClF2NO3/c1-14-7(13)4-3-12-6(9)2-5(4)15-8(10)11/h2-3,8H,1H3. The van der Waals surface area contributed by atoms with Crippen molar-refractivity contribution in [1.82, 2.24) is 4.98 Å². The van der Waals surface area contributed by atoms with Gasteiger partial charge in [0.2, 0.25) is 0 Å². The van der Waals surface area contributed by atoms with E-state index in [4.69, 9.17) is 11.6 Å². The van der Waals surface area contributed by atoms with Gasteiger partial charge in [0.05, 0.1) is 7.11 Å². The summed E-state index contributed by atoms with van der Waals surface area (Å²) in [6.07, 6.45) is 1.01. The van der Waals surface area contributed by atoms with Crippen LogP contribution in [0.3, 0.4) is 0 Å². The Hall–Kier alpha value is -1.43. The second-order valence-electron chi connectivity index (χ2n) is 2.37. The molecule has 15 heavy (non-hydrogen) atoms. The lowest BCUT2D eigenvalue weighted by Gasteiger charge is -2.08. The van der Waals surface area contributed by atoms with E-state index in [0.29, 0.717) is 0 Å². The summed E-state index contributed by atoms with van der Waals surface area (Å²) in [6.45, 7) is -3.05. The number of carbonyl (C=O) groups excluding carboxylic acids is 1. The third-order valence-electron chi connectivity index (χ3n) is 1.45. The lowest BCUT2D eigenvalue weighted by molar-refractivity contribution is -0.0504. The summed E-state index contributed by atoms with van der Waals surface area (Å²) in [5.74, 6) is -1.19. The minimum Gasteiger partial charge on any atom is -0.465 e. The normalized spacial score (nSPS) is 10.2. The summed E-state index contributed by atoms with van der Waals surface area (Å²) in [5, 5.41) is -0.0571. The molecule has 0 bridgehead atoms. The predicted molar refractivity (Wildman–Crippen MR) is 47.2 cm³/mol. The van der Waals surface area contributed by atoms with Gasteiger partial charge in [-0.15, -0.1) is 0 Å². The zero-order valence-corrected chi connectivity index (χ0v) is 8.29. The van der Waals surface area contributed by atoms with Crippen LogP contribution in [0.5, 0.6) is 5.75 Å². The molecule has 0 amide bonds. The first kappa shape index (κ1) is 11.6. The van der Waals surface area contributed by atoms with E-state index in [1.54, 1.807) is 0 Å². The summed E-state index contributed by atoms with van der Waals surface area (Å²) < 4.78 is 32.4. The average molecular weight is 238 g/mol. The zero-order chi connectivity index (χ0) is 11.4. The number of pyridine rings is 1. The Bertz CT molecular complexity index is 373. The van der Waals surface area contributed by atoms with Crippen LogP contribution in [0.4, 0.5) is 8.78 Å². The quantitative estimate of drug-likeness (QED) is 0.597. The van der Waals surface area contributed by atoms with Crippen LogP contribution in [-0.4, -0.2) is 24.7 Å². The molecule has 0 spiro atoms. The molecular weight excluding hydrogens is 232 g/mol. The van der Waals surface area contributed by atoms with Gasteiger partial charge in [-0.2, -0.15) is 8.78 Å². The van der Waals surface area contributed by atoms with Crippen LogP contribution in [0.2, 0.25) is 5.15 Å². The molecule has 1 aromatic heterocycles. The van der Waals surface area contributed by atoms with Crippen molar-refractivity contribution in [2.75, 3.05) is 7.11 Å². The molecule has 0 atom stereocenters. The lowest BCUT2D eigenvalue weighted by Crippen LogP contribution is -2.09. The Morgan fingerprint density at radius 1 is 1.60 bits per heavy atom. The predicted octanol–water partition coefficient (Wildman–Crippen LogP) is 2.12. The Labute approximate surface area is 88.8 Å². The first-order valence-electron chi connectivity index (χ1n) is 3.73. The van der Waals surface area contributed by atoms with Gasteiger partial charge in [-0.25, -0.2) is 9.78 Å². The fourth-order valence-electron chi connectivity index (χ4n) is 0.870. The number of ether oxygens (including phenoxy) is 2. The number of halogens is 3. The smallest absolute Gasteiger partial charge is 0.387 e. The molecule has 1 heterocycles. The highest BCUT2D eigenvalue weighted by molar-refractivity contribution is 6.29. The minimum absolute atomic E-state index is 0.0571. The fraction of sp³-hybridized carbons (Fsp3) is 0.250. The molecule has 4 nitrogen and oxygen atoms in total.